The molecular weight excluding hydrogens is 286 g/mol. The van der Waals surface area contributed by atoms with Crippen LogP contribution in [0, 0.1) is 0 Å². The average molecular weight is 306 g/mol. The number of pyridine rings is 1. The van der Waals surface area contributed by atoms with Crippen molar-refractivity contribution in [2.75, 3.05) is 5.32 Å². The van der Waals surface area contributed by atoms with Crippen LogP contribution < -0.4 is 11.1 Å². The number of rotatable bonds is 4. The molecule has 0 aliphatic rings. The molecule has 0 spiro atoms. The molecule has 0 aliphatic carbocycles. The second-order valence-corrected chi connectivity index (χ2v) is 4.94. The SMILES string of the molecule is CC(C)c1ccccc1NC(=O)c1ccnc(CN)c1.Cl. The summed E-state index contributed by atoms with van der Waals surface area (Å²) in [6.07, 6.45) is 1.60. The zero-order valence-electron chi connectivity index (χ0n) is 12.2. The molecule has 0 fully saturated rings. The number of hydrogen-bond acceptors (Lipinski definition) is 3. The van der Waals surface area contributed by atoms with Gasteiger partial charge in [0.2, 0.25) is 0 Å². The lowest BCUT2D eigenvalue weighted by molar-refractivity contribution is 0.102. The van der Waals surface area contributed by atoms with Crippen LogP contribution in [0.1, 0.15) is 41.4 Å². The Hall–Kier alpha value is -1.91. The van der Waals surface area contributed by atoms with Gasteiger partial charge in [-0.25, -0.2) is 0 Å². The highest BCUT2D eigenvalue weighted by Gasteiger charge is 2.11. The van der Waals surface area contributed by atoms with E-state index in [-0.39, 0.29) is 18.3 Å². The van der Waals surface area contributed by atoms with Gasteiger partial charge in [0.15, 0.2) is 0 Å². The molecule has 2 aromatic rings. The number of carbonyl (C=O) groups excluding carboxylic acids is 1. The fourth-order valence-corrected chi connectivity index (χ4v) is 2.04. The number of carbonyl (C=O) groups is 1. The van der Waals surface area contributed by atoms with Crippen molar-refractivity contribution in [3.63, 3.8) is 0 Å². The number of anilines is 1. The molecule has 3 N–H and O–H groups in total. The molecule has 0 radical (unpaired) electrons. The predicted molar refractivity (Wildman–Crippen MR) is 87.9 cm³/mol. The maximum atomic E-state index is 12.3. The molecule has 0 bridgehead atoms. The first-order valence-electron chi connectivity index (χ1n) is 6.67. The number of halogens is 1. The minimum Gasteiger partial charge on any atom is -0.325 e. The van der Waals surface area contributed by atoms with Crippen LogP contribution in [0.15, 0.2) is 42.6 Å². The van der Waals surface area contributed by atoms with Crippen LogP contribution in [0.4, 0.5) is 5.69 Å². The summed E-state index contributed by atoms with van der Waals surface area (Å²) in [6.45, 7) is 4.53. The van der Waals surface area contributed by atoms with Crippen LogP contribution in [0.2, 0.25) is 0 Å². The van der Waals surface area contributed by atoms with Crippen LogP contribution in [0.3, 0.4) is 0 Å². The molecule has 1 amide bonds. The third kappa shape index (κ3) is 4.28. The zero-order valence-corrected chi connectivity index (χ0v) is 13.0. The van der Waals surface area contributed by atoms with E-state index in [9.17, 15) is 4.79 Å². The van der Waals surface area contributed by atoms with Crippen LogP contribution in [-0.4, -0.2) is 10.9 Å². The largest absolute Gasteiger partial charge is 0.325 e. The molecule has 0 saturated carbocycles. The van der Waals surface area contributed by atoms with Gasteiger partial charge in [-0.05, 0) is 29.7 Å². The Bertz CT molecular complexity index is 614. The Labute approximate surface area is 131 Å². The van der Waals surface area contributed by atoms with E-state index in [2.05, 4.69) is 24.1 Å². The second-order valence-electron chi connectivity index (χ2n) is 4.94. The summed E-state index contributed by atoms with van der Waals surface area (Å²) in [5.74, 6) is 0.207. The third-order valence-corrected chi connectivity index (χ3v) is 3.12. The Balaban J connectivity index is 0.00000220. The van der Waals surface area contributed by atoms with Crippen LogP contribution >= 0.6 is 12.4 Å². The van der Waals surface area contributed by atoms with Crippen molar-refractivity contribution < 1.29 is 4.79 Å². The summed E-state index contributed by atoms with van der Waals surface area (Å²) in [4.78, 5) is 16.4. The summed E-state index contributed by atoms with van der Waals surface area (Å²) < 4.78 is 0. The van der Waals surface area contributed by atoms with Gasteiger partial charge in [-0.3, -0.25) is 9.78 Å². The topological polar surface area (TPSA) is 68.0 Å². The van der Waals surface area contributed by atoms with Gasteiger partial charge in [0.25, 0.3) is 5.91 Å². The third-order valence-electron chi connectivity index (χ3n) is 3.12. The molecule has 5 heteroatoms. The smallest absolute Gasteiger partial charge is 0.255 e. The molecule has 4 nitrogen and oxygen atoms in total. The second kappa shape index (κ2) is 7.76. The Morgan fingerprint density at radius 1 is 1.29 bits per heavy atom. The molecule has 21 heavy (non-hydrogen) atoms. The lowest BCUT2D eigenvalue weighted by Crippen LogP contribution is -2.14. The highest BCUT2D eigenvalue weighted by molar-refractivity contribution is 6.04. The van der Waals surface area contributed by atoms with E-state index in [1.807, 2.05) is 24.3 Å². The van der Waals surface area contributed by atoms with E-state index in [1.165, 1.54) is 0 Å². The Morgan fingerprint density at radius 2 is 2.00 bits per heavy atom. The van der Waals surface area contributed by atoms with Gasteiger partial charge in [0, 0.05) is 24.0 Å². The first-order valence-corrected chi connectivity index (χ1v) is 6.67. The minimum absolute atomic E-state index is 0. The van der Waals surface area contributed by atoms with E-state index in [4.69, 9.17) is 5.73 Å². The lowest BCUT2D eigenvalue weighted by atomic mass is 10.0. The summed E-state index contributed by atoms with van der Waals surface area (Å²) in [5, 5.41) is 2.95. The molecule has 0 aliphatic heterocycles. The highest BCUT2D eigenvalue weighted by Crippen LogP contribution is 2.24. The minimum atomic E-state index is -0.143. The first kappa shape index (κ1) is 17.1. The Morgan fingerprint density at radius 3 is 2.67 bits per heavy atom. The van der Waals surface area contributed by atoms with Crippen LogP contribution in [0.5, 0.6) is 0 Å². The van der Waals surface area contributed by atoms with Crippen molar-refractivity contribution in [1.82, 2.24) is 4.98 Å². The standard InChI is InChI=1S/C16H19N3O.ClH/c1-11(2)14-5-3-4-6-15(14)19-16(20)12-7-8-18-13(9-12)10-17;/h3-9,11H,10,17H2,1-2H3,(H,19,20);1H. The molecule has 1 aromatic heterocycles. The number of nitrogens with two attached hydrogens (primary N) is 1. The quantitative estimate of drug-likeness (QED) is 0.910. The molecule has 1 heterocycles. The zero-order chi connectivity index (χ0) is 14.5. The number of amides is 1. The van der Waals surface area contributed by atoms with Crippen molar-refractivity contribution in [3.05, 3.63) is 59.4 Å². The maximum absolute atomic E-state index is 12.3. The molecule has 0 unspecified atom stereocenters. The van der Waals surface area contributed by atoms with Gasteiger partial charge in [-0.1, -0.05) is 32.0 Å². The van der Waals surface area contributed by atoms with Gasteiger partial charge in [-0.2, -0.15) is 0 Å². The summed E-state index contributed by atoms with van der Waals surface area (Å²) in [6, 6.07) is 11.2. The van der Waals surface area contributed by atoms with Crippen molar-refractivity contribution in [2.45, 2.75) is 26.3 Å². The number of aromatic nitrogens is 1. The molecule has 2 rings (SSSR count). The van der Waals surface area contributed by atoms with Gasteiger partial charge >= 0.3 is 0 Å². The van der Waals surface area contributed by atoms with E-state index in [0.717, 1.165) is 11.3 Å². The highest BCUT2D eigenvalue weighted by atomic mass is 35.5. The summed E-state index contributed by atoms with van der Waals surface area (Å²) in [5.41, 5.74) is 8.78. The average Bonchev–Trinajstić information content (AvgIpc) is 2.47. The van der Waals surface area contributed by atoms with E-state index >= 15 is 0 Å². The van der Waals surface area contributed by atoms with E-state index in [1.54, 1.807) is 18.3 Å². The number of hydrogen-bond donors (Lipinski definition) is 2. The lowest BCUT2D eigenvalue weighted by Gasteiger charge is -2.13. The molecule has 0 atom stereocenters. The van der Waals surface area contributed by atoms with Crippen LogP contribution in [0.25, 0.3) is 0 Å². The van der Waals surface area contributed by atoms with Gasteiger partial charge in [0.1, 0.15) is 0 Å². The van der Waals surface area contributed by atoms with Gasteiger partial charge < -0.3 is 11.1 Å². The van der Waals surface area contributed by atoms with E-state index < -0.39 is 0 Å². The summed E-state index contributed by atoms with van der Waals surface area (Å²) >= 11 is 0. The monoisotopic (exact) mass is 305 g/mol. The first-order chi connectivity index (χ1) is 9.61. The fraction of sp³-hybridized carbons (Fsp3) is 0.250. The van der Waals surface area contributed by atoms with Crippen molar-refractivity contribution in [2.24, 2.45) is 5.73 Å². The van der Waals surface area contributed by atoms with Gasteiger partial charge in [-0.15, -0.1) is 12.4 Å². The van der Waals surface area contributed by atoms with Crippen molar-refractivity contribution in [3.8, 4) is 0 Å². The normalized spacial score (nSPS) is 10.1. The number of nitrogens with one attached hydrogen (secondary N) is 1. The van der Waals surface area contributed by atoms with Gasteiger partial charge in [0.05, 0.1) is 5.69 Å². The molecule has 0 saturated heterocycles. The Kier molecular flexibility index (Phi) is 6.34. The fourth-order valence-electron chi connectivity index (χ4n) is 2.04. The molecule has 112 valence electrons. The maximum Gasteiger partial charge on any atom is 0.255 e. The van der Waals surface area contributed by atoms with Crippen molar-refractivity contribution in [1.29, 1.82) is 0 Å². The number of nitrogens with zero attached hydrogens (tertiary/aromatic N) is 1. The van der Waals surface area contributed by atoms with E-state index in [0.29, 0.717) is 23.7 Å². The summed E-state index contributed by atoms with van der Waals surface area (Å²) in [7, 11) is 0. The predicted octanol–water partition coefficient (Wildman–Crippen LogP) is 3.34. The molecular formula is C16H20ClN3O. The van der Waals surface area contributed by atoms with Crippen molar-refractivity contribution >= 4 is 24.0 Å². The van der Waals surface area contributed by atoms with Crippen LogP contribution in [-0.2, 0) is 6.54 Å². The number of benzene rings is 1. The number of para-hydroxylation sites is 1. The molecule has 1 aromatic carbocycles.